The van der Waals surface area contributed by atoms with Gasteiger partial charge < -0.3 is 9.30 Å². The number of benzene rings is 1. The first-order valence-corrected chi connectivity index (χ1v) is 8.30. The van der Waals surface area contributed by atoms with E-state index in [4.69, 9.17) is 4.74 Å². The molecule has 23 heavy (non-hydrogen) atoms. The molecular formula is C16H11Br2FN2O2. The molecule has 0 bridgehead atoms. The first kappa shape index (κ1) is 16.1. The van der Waals surface area contributed by atoms with E-state index in [1.54, 1.807) is 18.3 Å². The van der Waals surface area contributed by atoms with Crippen molar-refractivity contribution in [1.82, 2.24) is 9.55 Å². The van der Waals surface area contributed by atoms with E-state index in [9.17, 15) is 9.18 Å². The lowest BCUT2D eigenvalue weighted by atomic mass is 10.2. The summed E-state index contributed by atoms with van der Waals surface area (Å²) in [5.74, 6) is -0.292. The summed E-state index contributed by atoms with van der Waals surface area (Å²) in [6.45, 7) is 1.87. The molecule has 0 amide bonds. The van der Waals surface area contributed by atoms with Crippen molar-refractivity contribution in [1.29, 1.82) is 0 Å². The molecule has 0 unspecified atom stereocenters. The third-order valence-corrected chi connectivity index (χ3v) is 5.46. The van der Waals surface area contributed by atoms with E-state index >= 15 is 0 Å². The van der Waals surface area contributed by atoms with Gasteiger partial charge in [0.1, 0.15) is 10.4 Å². The van der Waals surface area contributed by atoms with Gasteiger partial charge in [-0.05, 0) is 49.6 Å². The minimum Gasteiger partial charge on any atom is -0.424 e. The molecule has 3 aromatic rings. The van der Waals surface area contributed by atoms with E-state index in [1.807, 2.05) is 4.57 Å². The van der Waals surface area contributed by atoms with Gasteiger partial charge in [0.05, 0.1) is 27.8 Å². The first-order valence-electron chi connectivity index (χ1n) is 6.71. The quantitative estimate of drug-likeness (QED) is 0.554. The van der Waals surface area contributed by atoms with Crippen molar-refractivity contribution >= 4 is 48.7 Å². The van der Waals surface area contributed by atoms with Crippen LogP contribution in [0.4, 0.5) is 4.39 Å². The molecule has 3 rings (SSSR count). The highest BCUT2D eigenvalue weighted by Crippen LogP contribution is 2.39. The lowest BCUT2D eigenvalue weighted by Gasteiger charge is -2.08. The van der Waals surface area contributed by atoms with Crippen molar-refractivity contribution in [2.75, 3.05) is 0 Å². The summed E-state index contributed by atoms with van der Waals surface area (Å²) in [6.07, 6.45) is 3.20. The maximum absolute atomic E-state index is 13.1. The van der Waals surface area contributed by atoms with Gasteiger partial charge in [-0.3, -0.25) is 9.78 Å². The van der Waals surface area contributed by atoms with Gasteiger partial charge in [-0.25, -0.2) is 4.39 Å². The molecule has 2 aromatic heterocycles. The van der Waals surface area contributed by atoms with Gasteiger partial charge in [-0.1, -0.05) is 12.1 Å². The summed E-state index contributed by atoms with van der Waals surface area (Å²) in [5, 5.41) is 0.754. The van der Waals surface area contributed by atoms with Gasteiger partial charge in [-0.2, -0.15) is 0 Å². The number of esters is 1. The van der Waals surface area contributed by atoms with Gasteiger partial charge in [0.2, 0.25) is 0 Å². The van der Waals surface area contributed by atoms with Crippen LogP contribution in [0.25, 0.3) is 10.9 Å². The number of nitrogens with zero attached hydrogens (tertiary/aromatic N) is 2. The fourth-order valence-corrected chi connectivity index (χ4v) is 3.47. The molecule has 0 aliphatic carbocycles. The van der Waals surface area contributed by atoms with Crippen molar-refractivity contribution in [2.24, 2.45) is 0 Å². The second-order valence-electron chi connectivity index (χ2n) is 4.94. The normalized spacial score (nSPS) is 11.0. The Hall–Kier alpha value is -1.73. The van der Waals surface area contributed by atoms with Gasteiger partial charge in [0, 0.05) is 13.5 Å². The minimum atomic E-state index is -0.409. The maximum atomic E-state index is 13.1. The van der Waals surface area contributed by atoms with Crippen molar-refractivity contribution in [3.63, 3.8) is 0 Å². The molecule has 0 radical (unpaired) electrons. The summed E-state index contributed by atoms with van der Waals surface area (Å²) < 4.78 is 21.8. The fraction of sp³-hybridized carbons (Fsp3) is 0.125. The Morgan fingerprint density at radius 1 is 1.26 bits per heavy atom. The molecule has 2 heterocycles. The van der Waals surface area contributed by atoms with Crippen LogP contribution in [0.3, 0.4) is 0 Å². The summed E-state index contributed by atoms with van der Waals surface area (Å²) in [4.78, 5) is 15.4. The number of fused-ring (bicyclic) bond motifs is 1. The van der Waals surface area contributed by atoms with Crippen LogP contribution in [0.5, 0.6) is 5.75 Å². The van der Waals surface area contributed by atoms with Crippen molar-refractivity contribution in [3.8, 4) is 5.75 Å². The third kappa shape index (κ3) is 3.16. The Kier molecular flexibility index (Phi) is 4.50. The van der Waals surface area contributed by atoms with Gasteiger partial charge in [0.15, 0.2) is 5.75 Å². The van der Waals surface area contributed by atoms with E-state index in [-0.39, 0.29) is 5.82 Å². The molecule has 7 heteroatoms. The number of hydrogen-bond donors (Lipinski definition) is 0. The average molecular weight is 442 g/mol. The van der Waals surface area contributed by atoms with E-state index in [0.29, 0.717) is 12.3 Å². The largest absolute Gasteiger partial charge is 0.424 e. The molecule has 0 N–H and O–H groups in total. The van der Waals surface area contributed by atoms with Crippen molar-refractivity contribution in [2.45, 2.75) is 13.5 Å². The molecule has 1 aromatic carbocycles. The highest BCUT2D eigenvalue weighted by atomic mass is 79.9. The Morgan fingerprint density at radius 2 is 1.96 bits per heavy atom. The molecule has 0 saturated carbocycles. The summed E-state index contributed by atoms with van der Waals surface area (Å²) in [6, 6.07) is 6.30. The second-order valence-corrected chi connectivity index (χ2v) is 6.49. The molecule has 118 valence electrons. The number of pyridine rings is 1. The average Bonchev–Trinajstić information content (AvgIpc) is 2.75. The standard InChI is InChI=1S/C16H11Br2FN2O2/c1-9(22)23-13-7-20-6-12-14(13)15(17)16(18)21(12)8-10-2-4-11(19)5-3-10/h2-7H,8H2,1H3. The monoisotopic (exact) mass is 440 g/mol. The highest BCUT2D eigenvalue weighted by Gasteiger charge is 2.18. The van der Waals surface area contributed by atoms with Crippen LogP contribution in [0, 0.1) is 5.82 Å². The summed E-state index contributed by atoms with van der Waals surface area (Å²) in [5.41, 5.74) is 1.74. The number of ether oxygens (including phenoxy) is 1. The van der Waals surface area contributed by atoms with E-state index < -0.39 is 5.97 Å². The van der Waals surface area contributed by atoms with Crippen LogP contribution in [0.2, 0.25) is 0 Å². The van der Waals surface area contributed by atoms with E-state index in [2.05, 4.69) is 36.8 Å². The first-order chi connectivity index (χ1) is 11.0. The molecule has 0 saturated heterocycles. The van der Waals surface area contributed by atoms with Gasteiger partial charge >= 0.3 is 5.97 Å². The van der Waals surface area contributed by atoms with Crippen LogP contribution in [-0.2, 0) is 11.3 Å². The Labute approximate surface area is 148 Å². The molecule has 0 atom stereocenters. The summed E-state index contributed by atoms with van der Waals surface area (Å²) in [7, 11) is 0. The van der Waals surface area contributed by atoms with Crippen LogP contribution in [0.15, 0.2) is 45.7 Å². The Balaban J connectivity index is 2.12. The van der Waals surface area contributed by atoms with Gasteiger partial charge in [-0.15, -0.1) is 0 Å². The van der Waals surface area contributed by atoms with Crippen molar-refractivity contribution < 1.29 is 13.9 Å². The van der Waals surface area contributed by atoms with Crippen LogP contribution in [0.1, 0.15) is 12.5 Å². The lowest BCUT2D eigenvalue weighted by Crippen LogP contribution is -2.03. The molecule has 0 spiro atoms. The SMILES string of the molecule is CC(=O)Oc1cncc2c1c(Br)c(Br)n2Cc1ccc(F)cc1. The predicted molar refractivity (Wildman–Crippen MR) is 91.9 cm³/mol. The second kappa shape index (κ2) is 6.41. The highest BCUT2D eigenvalue weighted by molar-refractivity contribution is 9.13. The molecule has 0 aliphatic heterocycles. The van der Waals surface area contributed by atoms with Crippen molar-refractivity contribution in [3.05, 3.63) is 57.1 Å². The fourth-order valence-electron chi connectivity index (χ4n) is 2.34. The zero-order valence-corrected chi connectivity index (χ0v) is 15.2. The smallest absolute Gasteiger partial charge is 0.308 e. The molecular weight excluding hydrogens is 431 g/mol. The topological polar surface area (TPSA) is 44.1 Å². The van der Waals surface area contributed by atoms with Crippen LogP contribution >= 0.6 is 31.9 Å². The minimum absolute atomic E-state index is 0.273. The summed E-state index contributed by atoms with van der Waals surface area (Å²) >= 11 is 7.06. The zero-order valence-electron chi connectivity index (χ0n) is 12.0. The Morgan fingerprint density at radius 3 is 2.61 bits per heavy atom. The van der Waals surface area contributed by atoms with E-state index in [1.165, 1.54) is 25.3 Å². The number of rotatable bonds is 3. The molecule has 0 fully saturated rings. The zero-order chi connectivity index (χ0) is 16.6. The van der Waals surface area contributed by atoms with E-state index in [0.717, 1.165) is 25.5 Å². The lowest BCUT2D eigenvalue weighted by molar-refractivity contribution is -0.131. The maximum Gasteiger partial charge on any atom is 0.308 e. The van der Waals surface area contributed by atoms with Crippen LogP contribution < -0.4 is 4.74 Å². The number of carbonyl (C=O) groups excluding carboxylic acids is 1. The number of aromatic nitrogens is 2. The number of halogens is 3. The Bertz CT molecular complexity index is 891. The number of carbonyl (C=O) groups is 1. The molecule has 4 nitrogen and oxygen atoms in total. The van der Waals surface area contributed by atoms with Gasteiger partial charge in [0.25, 0.3) is 0 Å². The number of hydrogen-bond acceptors (Lipinski definition) is 3. The predicted octanol–water partition coefficient (Wildman–Crippen LogP) is 4.67. The third-order valence-electron chi connectivity index (χ3n) is 3.33. The van der Waals surface area contributed by atoms with Crippen LogP contribution in [-0.4, -0.2) is 15.5 Å². The molecule has 0 aliphatic rings.